The molecule has 190 valence electrons. The molecule has 0 saturated heterocycles. The first kappa shape index (κ1) is 27.0. The van der Waals surface area contributed by atoms with Crippen LogP contribution in [0.5, 0.6) is 5.75 Å². The number of carbonyl (C=O) groups is 1. The summed E-state index contributed by atoms with van der Waals surface area (Å²) in [7, 11) is 0. The molecule has 0 unspecified atom stereocenters. The summed E-state index contributed by atoms with van der Waals surface area (Å²) in [6.45, 7) is 10.9. The van der Waals surface area contributed by atoms with Crippen molar-refractivity contribution in [2.45, 2.75) is 78.6 Å². The summed E-state index contributed by atoms with van der Waals surface area (Å²) in [6.07, 6.45) is 12.4. The number of rotatable bonds is 17. The Morgan fingerprint density at radius 1 is 0.829 bits per heavy atom. The fraction of sp³-hybridized carbons (Fsp3) is 0.516. The fourth-order valence-electron chi connectivity index (χ4n) is 4.61. The van der Waals surface area contributed by atoms with Crippen LogP contribution in [0, 0.1) is 0 Å². The van der Waals surface area contributed by atoms with Gasteiger partial charge in [0, 0.05) is 23.8 Å². The van der Waals surface area contributed by atoms with Crippen LogP contribution in [0.2, 0.25) is 0 Å². The third kappa shape index (κ3) is 7.96. The average molecular weight is 477 g/mol. The molecule has 35 heavy (non-hydrogen) atoms. The first-order chi connectivity index (χ1) is 17.2. The van der Waals surface area contributed by atoms with Crippen LogP contribution in [-0.4, -0.2) is 41.3 Å². The van der Waals surface area contributed by atoms with E-state index in [4.69, 9.17) is 4.74 Å². The number of pyridine rings is 1. The number of aryl methyl sites for hydroxylation is 1. The standard InChI is InChI=1S/C31H44N2O2/c1-4-7-10-14-27-25-28-15-11-12-23-33(28)30(27)31(34)26-16-18-29(19-17-26)35-24-13-22-32(20-8-5-2)21-9-6-3/h11-12,15-19,23,25H,4-10,13-14,20-22,24H2,1-3H3. The van der Waals surface area contributed by atoms with Crippen LogP contribution in [-0.2, 0) is 6.42 Å². The molecule has 0 N–H and O–H groups in total. The minimum absolute atomic E-state index is 0.0803. The number of unbranched alkanes of at least 4 members (excludes halogenated alkanes) is 4. The molecule has 3 aromatic rings. The van der Waals surface area contributed by atoms with Crippen molar-refractivity contribution in [1.29, 1.82) is 0 Å². The molecule has 2 aromatic heterocycles. The molecule has 0 fully saturated rings. The van der Waals surface area contributed by atoms with Gasteiger partial charge < -0.3 is 14.0 Å². The van der Waals surface area contributed by atoms with Gasteiger partial charge in [0.25, 0.3) is 0 Å². The Bertz CT molecular complexity index is 1010. The predicted octanol–water partition coefficient (Wildman–Crippen LogP) is 7.57. The summed E-state index contributed by atoms with van der Waals surface area (Å²) in [5.41, 5.74) is 3.73. The molecule has 0 saturated carbocycles. The highest BCUT2D eigenvalue weighted by Gasteiger charge is 2.19. The van der Waals surface area contributed by atoms with E-state index in [9.17, 15) is 4.79 Å². The largest absolute Gasteiger partial charge is 0.494 e. The zero-order valence-electron chi connectivity index (χ0n) is 22.1. The van der Waals surface area contributed by atoms with Crippen LogP contribution in [0.4, 0.5) is 0 Å². The molecule has 0 radical (unpaired) electrons. The number of ether oxygens (including phenoxy) is 1. The highest BCUT2D eigenvalue weighted by atomic mass is 16.5. The lowest BCUT2D eigenvalue weighted by Gasteiger charge is -2.21. The van der Waals surface area contributed by atoms with E-state index in [1.54, 1.807) is 0 Å². The van der Waals surface area contributed by atoms with Gasteiger partial charge in [0.2, 0.25) is 5.78 Å². The second kappa shape index (κ2) is 14.7. The lowest BCUT2D eigenvalue weighted by atomic mass is 10.0. The second-order valence-corrected chi connectivity index (χ2v) is 9.58. The van der Waals surface area contributed by atoms with Gasteiger partial charge in [-0.15, -0.1) is 0 Å². The molecule has 3 rings (SSSR count). The van der Waals surface area contributed by atoms with Crippen molar-refractivity contribution in [3.63, 3.8) is 0 Å². The number of aromatic nitrogens is 1. The molecule has 0 bridgehead atoms. The molecule has 4 heteroatoms. The SMILES string of the molecule is CCCCCc1cc2ccccn2c1C(=O)c1ccc(OCCCN(CCCC)CCCC)cc1. The lowest BCUT2D eigenvalue weighted by Crippen LogP contribution is -2.28. The summed E-state index contributed by atoms with van der Waals surface area (Å²) >= 11 is 0. The normalized spacial score (nSPS) is 11.4. The third-order valence-corrected chi connectivity index (χ3v) is 6.68. The summed E-state index contributed by atoms with van der Waals surface area (Å²) in [6, 6.07) is 15.9. The lowest BCUT2D eigenvalue weighted by molar-refractivity contribution is 0.103. The van der Waals surface area contributed by atoms with E-state index in [1.807, 2.05) is 47.0 Å². The molecule has 4 nitrogen and oxygen atoms in total. The van der Waals surface area contributed by atoms with E-state index in [1.165, 1.54) is 51.6 Å². The molecule has 0 amide bonds. The molecule has 1 aromatic carbocycles. The van der Waals surface area contributed by atoms with Gasteiger partial charge in [-0.05, 0) is 93.2 Å². The molecule has 0 atom stereocenters. The number of hydrogen-bond acceptors (Lipinski definition) is 3. The summed E-state index contributed by atoms with van der Waals surface area (Å²) < 4.78 is 8.05. The molecular formula is C31H44N2O2. The van der Waals surface area contributed by atoms with Crippen molar-refractivity contribution in [2.24, 2.45) is 0 Å². The van der Waals surface area contributed by atoms with Gasteiger partial charge >= 0.3 is 0 Å². The predicted molar refractivity (Wildman–Crippen MR) is 147 cm³/mol. The van der Waals surface area contributed by atoms with Gasteiger partial charge in [0.05, 0.1) is 12.3 Å². The van der Waals surface area contributed by atoms with Crippen molar-refractivity contribution in [3.8, 4) is 5.75 Å². The number of nitrogens with zero attached hydrogens (tertiary/aromatic N) is 2. The maximum atomic E-state index is 13.5. The van der Waals surface area contributed by atoms with Crippen molar-refractivity contribution in [3.05, 3.63) is 71.5 Å². The number of fused-ring (bicyclic) bond motifs is 1. The van der Waals surface area contributed by atoms with E-state index in [0.717, 1.165) is 48.3 Å². The fourth-order valence-corrected chi connectivity index (χ4v) is 4.61. The van der Waals surface area contributed by atoms with Gasteiger partial charge in [0.15, 0.2) is 0 Å². The molecular weight excluding hydrogens is 432 g/mol. The Kier molecular flexibility index (Phi) is 11.4. The topological polar surface area (TPSA) is 34.0 Å². The van der Waals surface area contributed by atoms with Crippen LogP contribution in [0.15, 0.2) is 54.7 Å². The van der Waals surface area contributed by atoms with Gasteiger partial charge in [-0.25, -0.2) is 0 Å². The zero-order chi connectivity index (χ0) is 24.9. The van der Waals surface area contributed by atoms with Crippen LogP contribution >= 0.6 is 0 Å². The molecule has 0 aliphatic carbocycles. The minimum atomic E-state index is 0.0803. The molecule has 0 aliphatic rings. The number of benzene rings is 1. The molecule has 0 aliphatic heterocycles. The Balaban J connectivity index is 1.60. The van der Waals surface area contributed by atoms with Gasteiger partial charge in [-0.3, -0.25) is 4.79 Å². The molecule has 2 heterocycles. The maximum absolute atomic E-state index is 13.5. The quantitative estimate of drug-likeness (QED) is 0.149. The summed E-state index contributed by atoms with van der Waals surface area (Å²) in [5.74, 6) is 0.912. The van der Waals surface area contributed by atoms with E-state index in [-0.39, 0.29) is 5.78 Å². The first-order valence-corrected chi connectivity index (χ1v) is 13.8. The van der Waals surface area contributed by atoms with Crippen molar-refractivity contribution >= 4 is 11.3 Å². The highest BCUT2D eigenvalue weighted by molar-refractivity contribution is 6.09. The minimum Gasteiger partial charge on any atom is -0.494 e. The monoisotopic (exact) mass is 476 g/mol. The number of hydrogen-bond donors (Lipinski definition) is 0. The Morgan fingerprint density at radius 3 is 2.20 bits per heavy atom. The highest BCUT2D eigenvalue weighted by Crippen LogP contribution is 2.23. The Morgan fingerprint density at radius 2 is 1.51 bits per heavy atom. The van der Waals surface area contributed by atoms with Crippen LogP contribution in [0.3, 0.4) is 0 Å². The van der Waals surface area contributed by atoms with Gasteiger partial charge in [0.1, 0.15) is 5.75 Å². The first-order valence-electron chi connectivity index (χ1n) is 13.8. The zero-order valence-corrected chi connectivity index (χ0v) is 22.1. The van der Waals surface area contributed by atoms with E-state index in [0.29, 0.717) is 12.2 Å². The third-order valence-electron chi connectivity index (χ3n) is 6.68. The maximum Gasteiger partial charge on any atom is 0.210 e. The van der Waals surface area contributed by atoms with Crippen LogP contribution in [0.25, 0.3) is 5.52 Å². The van der Waals surface area contributed by atoms with Crippen molar-refractivity contribution in [2.75, 3.05) is 26.2 Å². The van der Waals surface area contributed by atoms with E-state index in [2.05, 4.69) is 37.8 Å². The van der Waals surface area contributed by atoms with E-state index >= 15 is 0 Å². The number of carbonyl (C=O) groups excluding carboxylic acids is 1. The van der Waals surface area contributed by atoms with Gasteiger partial charge in [-0.1, -0.05) is 52.5 Å². The van der Waals surface area contributed by atoms with Gasteiger partial charge in [-0.2, -0.15) is 0 Å². The van der Waals surface area contributed by atoms with E-state index < -0.39 is 0 Å². The van der Waals surface area contributed by atoms with Crippen LogP contribution in [0.1, 0.15) is 93.8 Å². The Labute approximate surface area is 212 Å². The smallest absolute Gasteiger partial charge is 0.210 e. The second-order valence-electron chi connectivity index (χ2n) is 9.58. The van der Waals surface area contributed by atoms with Crippen LogP contribution < -0.4 is 4.74 Å². The summed E-state index contributed by atoms with van der Waals surface area (Å²) in [4.78, 5) is 16.1. The van der Waals surface area contributed by atoms with Crippen molar-refractivity contribution < 1.29 is 9.53 Å². The van der Waals surface area contributed by atoms with Crippen molar-refractivity contribution in [1.82, 2.24) is 9.30 Å². The summed E-state index contributed by atoms with van der Waals surface area (Å²) in [5, 5.41) is 0. The molecule has 0 spiro atoms. The average Bonchev–Trinajstić information content (AvgIpc) is 3.26. The Hall–Kier alpha value is -2.59. The number of ketones is 1.